The van der Waals surface area contributed by atoms with E-state index in [1.165, 1.54) is 86.9 Å². The summed E-state index contributed by atoms with van der Waals surface area (Å²) in [6.07, 6.45) is 27.9. The van der Waals surface area contributed by atoms with Crippen LogP contribution in [0.25, 0.3) is 0 Å². The van der Waals surface area contributed by atoms with Gasteiger partial charge in [-0.2, -0.15) is 0 Å². The first-order valence-electron chi connectivity index (χ1n) is 35.2. The molecule has 0 aromatic carbocycles. The first-order valence-corrected chi connectivity index (χ1v) is 38.5. The van der Waals surface area contributed by atoms with Crippen molar-refractivity contribution in [1.82, 2.24) is 0 Å². The number of ether oxygens (including phenoxy) is 2. The number of ketones is 11. The van der Waals surface area contributed by atoms with Gasteiger partial charge in [-0.05, 0) is 133 Å². The fourth-order valence-electron chi connectivity index (χ4n) is 8.17. The van der Waals surface area contributed by atoms with E-state index in [2.05, 4.69) is 62.2 Å². The summed E-state index contributed by atoms with van der Waals surface area (Å²) in [7, 11) is -0.945. The number of Topliss-reactive ketones (excluding diaryl/α,β-unsaturated/α-hetero) is 11. The van der Waals surface area contributed by atoms with E-state index in [4.69, 9.17) is 25.4 Å². The quantitative estimate of drug-likeness (QED) is 0.0136. The molecule has 0 saturated heterocycles. The zero-order valence-electron chi connectivity index (χ0n) is 63.5. The second-order valence-electron chi connectivity index (χ2n) is 25.4. The number of alkyl halides is 1. The molecule has 0 N–H and O–H groups in total. The molecule has 0 aliphatic heterocycles. The molecule has 0 spiro atoms. The minimum Gasteiger partial charge on any atom is -0.466 e. The lowest BCUT2D eigenvalue weighted by Gasteiger charge is -2.23. The van der Waals surface area contributed by atoms with Gasteiger partial charge in [0.1, 0.15) is 53.1 Å². The smallest absolute Gasteiger partial charge is 0.337 e. The van der Waals surface area contributed by atoms with Crippen LogP contribution >= 0.6 is 35.1 Å². The third-order valence-corrected chi connectivity index (χ3v) is 17.8. The number of unbranched alkanes of at least 4 members (excludes halogenated alkanes) is 18. The Balaban J connectivity index is -0.000000196. The van der Waals surface area contributed by atoms with Gasteiger partial charge in [0.15, 0.2) is 29.1 Å². The number of esters is 2. The molecule has 0 heterocycles. The number of carbonyl (C=O) groups excluding carboxylic acids is 14. The molecule has 0 fully saturated rings. The monoisotopic (exact) mass is 1470 g/mol. The summed E-state index contributed by atoms with van der Waals surface area (Å²) in [5, 5.41) is 0.0619. The Hall–Kier alpha value is -4.10. The molecule has 0 saturated carbocycles. The number of halogens is 2. The maximum Gasteiger partial charge on any atom is 0.337 e. The average molecular weight is 1470 g/mol. The van der Waals surface area contributed by atoms with E-state index in [1.54, 1.807) is 55.4 Å². The molecular weight excluding hydrogens is 1340 g/mol. The molecule has 1 unspecified atom stereocenters. The maximum atomic E-state index is 12.2. The molecule has 19 nitrogen and oxygen atoms in total. The van der Waals surface area contributed by atoms with Gasteiger partial charge >= 0.3 is 19.5 Å². The van der Waals surface area contributed by atoms with Crippen molar-refractivity contribution in [2.24, 2.45) is 22.2 Å². The zero-order chi connectivity index (χ0) is 75.9. The molecule has 562 valence electrons. The van der Waals surface area contributed by atoms with Crippen molar-refractivity contribution in [3.8, 4) is 0 Å². The number of hydrogen-bond donors (Lipinski definition) is 0. The molecule has 1 atom stereocenters. The lowest BCUT2D eigenvalue weighted by atomic mass is 9.82. The number of hydrogen-bond acceptors (Lipinski definition) is 19. The molecule has 0 aliphatic carbocycles. The molecule has 22 heteroatoms. The van der Waals surface area contributed by atoms with Crippen LogP contribution in [0.3, 0.4) is 0 Å². The van der Waals surface area contributed by atoms with Crippen LogP contribution in [0.1, 0.15) is 330 Å². The summed E-state index contributed by atoms with van der Waals surface area (Å²) in [4.78, 5) is 157. The third-order valence-electron chi connectivity index (χ3n) is 15.4. The third kappa shape index (κ3) is 62.2. The second-order valence-corrected chi connectivity index (χ2v) is 28.6. The highest BCUT2D eigenvalue weighted by atomic mass is 79.9. The molecule has 0 rings (SSSR count). The molecule has 0 aromatic heterocycles. The highest BCUT2D eigenvalue weighted by Gasteiger charge is 2.40. The standard InChI is InChI=1S/C14H27O5P.C13H22O4.C12H21BrO2.C12H22O2.C10H18O2.C7H13ClO.C6H10O3/c1-6-7-8-9-10-12(15)14(2,3)13(16)11-20(17,18-4)19-5;1-4-6-7-8-9-11(15)12(10(3)14)13(16)17-5-2;1-4-5-6-7-8-10(14)12(2,3)11(15)9-13;1-5-6-7-8-9-11(14)12(3,4)10(2)13;1-3-4-5-6-7-10(12)8-9(2)11;1-2-3-4-5-6-7(8)9;1-3-9-6(8)4-5(2)7/h6-11H2,1-5H3;12H,4-9H2,1-3H3;4-9H2,1-3H3;5-9H2,1-4H3;3-8H2,1-2H3;2-6H2,1H3;3-4H2,1-2H3. The fourth-order valence-corrected chi connectivity index (χ4v) is 10.2. The van der Waals surface area contributed by atoms with Crippen molar-refractivity contribution >= 4 is 116 Å². The Morgan fingerprint density at radius 3 is 1.02 bits per heavy atom. The molecule has 0 radical (unpaired) electrons. The van der Waals surface area contributed by atoms with Crippen molar-refractivity contribution in [2.75, 3.05) is 38.9 Å². The van der Waals surface area contributed by atoms with E-state index in [0.717, 1.165) is 109 Å². The van der Waals surface area contributed by atoms with Gasteiger partial charge in [0.25, 0.3) is 0 Å². The predicted molar refractivity (Wildman–Crippen MR) is 389 cm³/mol. The molecule has 0 aromatic rings. The summed E-state index contributed by atoms with van der Waals surface area (Å²) in [6, 6.07) is 0. The highest BCUT2D eigenvalue weighted by Crippen LogP contribution is 2.47. The molecular formula is C74H133BrClO19P. The lowest BCUT2D eigenvalue weighted by Crippen LogP contribution is -2.35. The van der Waals surface area contributed by atoms with Crippen molar-refractivity contribution in [3.05, 3.63) is 0 Å². The van der Waals surface area contributed by atoms with Gasteiger partial charge in [0.05, 0.1) is 41.2 Å². The Morgan fingerprint density at radius 1 is 0.406 bits per heavy atom. The van der Waals surface area contributed by atoms with Crippen molar-refractivity contribution < 1.29 is 90.2 Å². The largest absolute Gasteiger partial charge is 0.466 e. The summed E-state index contributed by atoms with van der Waals surface area (Å²) in [5.41, 5.74) is -2.72. The van der Waals surface area contributed by atoms with Gasteiger partial charge in [-0.1, -0.05) is 173 Å². The maximum absolute atomic E-state index is 12.2. The normalized spacial score (nSPS) is 11.1. The predicted octanol–water partition coefficient (Wildman–Crippen LogP) is 18.3. The zero-order valence-corrected chi connectivity index (χ0v) is 66.7. The van der Waals surface area contributed by atoms with Crippen LogP contribution in [0, 0.1) is 22.2 Å². The number of rotatable bonds is 50. The van der Waals surface area contributed by atoms with E-state index >= 15 is 0 Å². The van der Waals surface area contributed by atoms with Crippen LogP contribution in [0.5, 0.6) is 0 Å². The Labute approximate surface area is 594 Å². The van der Waals surface area contributed by atoms with E-state index in [-0.39, 0.29) is 94.7 Å². The van der Waals surface area contributed by atoms with Gasteiger partial charge < -0.3 is 18.5 Å². The van der Waals surface area contributed by atoms with E-state index in [0.29, 0.717) is 38.7 Å². The van der Waals surface area contributed by atoms with Crippen LogP contribution < -0.4 is 0 Å². The van der Waals surface area contributed by atoms with Gasteiger partial charge in [-0.15, -0.1) is 0 Å². The second kappa shape index (κ2) is 66.8. The van der Waals surface area contributed by atoms with Crippen LogP contribution in [-0.4, -0.2) is 120 Å². The summed E-state index contributed by atoms with van der Waals surface area (Å²) >= 11 is 8.23. The average Bonchev–Trinajstić information content (AvgIpc) is 0.849. The van der Waals surface area contributed by atoms with Crippen molar-refractivity contribution in [1.29, 1.82) is 0 Å². The Kier molecular flexibility index (Phi) is 73.3. The molecule has 96 heavy (non-hydrogen) atoms. The first kappa shape index (κ1) is 105. The van der Waals surface area contributed by atoms with E-state index in [9.17, 15) is 71.7 Å². The van der Waals surface area contributed by atoms with E-state index in [1.807, 2.05) is 0 Å². The summed E-state index contributed by atoms with van der Waals surface area (Å²) < 4.78 is 30.7. The molecule has 0 amide bonds. The van der Waals surface area contributed by atoms with Crippen LogP contribution in [0.4, 0.5) is 0 Å². The van der Waals surface area contributed by atoms with Crippen molar-refractivity contribution in [2.45, 2.75) is 330 Å². The SMILES string of the molecule is CCCCCCC(=O)C(C(C)=O)C(=O)OCC.CCCCCCC(=O)C(C)(C)C(=O)CBr.CCCCCCC(=O)C(C)(C)C(=O)CP(=O)(OC)OC.CCCCCCC(=O)C(C)(C)C(C)=O.CCCCCCC(=O)CC(C)=O.CCCCCCC(=O)Cl.CCOC(=O)CC(C)=O. The van der Waals surface area contributed by atoms with Crippen LogP contribution in [0.15, 0.2) is 0 Å². The summed E-state index contributed by atoms with van der Waals surface area (Å²) in [5.74, 6) is -3.59. The lowest BCUT2D eigenvalue weighted by molar-refractivity contribution is -0.155. The topological polar surface area (TPSA) is 293 Å². The van der Waals surface area contributed by atoms with Gasteiger partial charge in [-0.3, -0.25) is 71.7 Å². The molecule has 0 aliphatic rings. The van der Waals surface area contributed by atoms with Gasteiger partial charge in [0, 0.05) is 52.7 Å². The Bertz CT molecular complexity index is 2270. The van der Waals surface area contributed by atoms with Crippen LogP contribution in [-0.2, 0) is 90.2 Å². The minimum absolute atomic E-state index is 0.0181. The fraction of sp³-hybridized carbons (Fsp3) is 0.811. The van der Waals surface area contributed by atoms with Crippen LogP contribution in [0.2, 0.25) is 0 Å². The molecule has 0 bridgehead atoms. The Morgan fingerprint density at radius 2 is 0.729 bits per heavy atom. The van der Waals surface area contributed by atoms with E-state index < -0.39 is 53.3 Å². The minimum atomic E-state index is -3.41. The number of carbonyl (C=O) groups is 14. The van der Waals surface area contributed by atoms with Gasteiger partial charge in [-0.25, -0.2) is 0 Å². The van der Waals surface area contributed by atoms with Gasteiger partial charge in [0.2, 0.25) is 5.24 Å². The first-order chi connectivity index (χ1) is 44.8. The summed E-state index contributed by atoms with van der Waals surface area (Å²) in [6.45, 7) is 32.2. The van der Waals surface area contributed by atoms with Crippen molar-refractivity contribution in [3.63, 3.8) is 0 Å². The highest BCUT2D eigenvalue weighted by molar-refractivity contribution is 9.09.